The predicted molar refractivity (Wildman–Crippen MR) is 74.6 cm³/mol. The Hall–Kier alpha value is -1.13. The Morgan fingerprint density at radius 3 is 2.89 bits per heavy atom. The monoisotopic (exact) mass is 251 g/mol. The Bertz CT molecular complexity index is 382. The smallest absolute Gasteiger partial charge is 0.0694 e. The first kappa shape index (κ1) is 14.9. The lowest BCUT2D eigenvalue weighted by Gasteiger charge is -2.07. The molecule has 0 aromatic carbocycles. The van der Waals surface area contributed by atoms with Crippen LogP contribution in [0.1, 0.15) is 37.9 Å². The predicted octanol–water partition coefficient (Wildman–Crippen LogP) is 2.23. The average Bonchev–Trinajstić information content (AvgIpc) is 2.64. The molecule has 4 heteroatoms. The van der Waals surface area contributed by atoms with E-state index in [1.54, 1.807) is 0 Å². The van der Waals surface area contributed by atoms with Gasteiger partial charge in [0.15, 0.2) is 0 Å². The first-order valence-corrected chi connectivity index (χ1v) is 6.46. The van der Waals surface area contributed by atoms with Crippen LogP contribution in [0.25, 0.3) is 0 Å². The quantitative estimate of drug-likeness (QED) is 0.569. The zero-order valence-electron chi connectivity index (χ0n) is 12.0. The van der Waals surface area contributed by atoms with E-state index in [1.165, 1.54) is 11.3 Å². The second-order valence-corrected chi connectivity index (χ2v) is 5.05. The molecule has 1 heterocycles. The molecule has 102 valence electrons. The zero-order valence-corrected chi connectivity index (χ0v) is 12.0. The number of nitrogens with one attached hydrogen (secondary N) is 1. The molecule has 18 heavy (non-hydrogen) atoms. The van der Waals surface area contributed by atoms with Crippen molar-refractivity contribution in [3.63, 3.8) is 0 Å². The van der Waals surface area contributed by atoms with Gasteiger partial charge in [0.1, 0.15) is 0 Å². The zero-order chi connectivity index (χ0) is 13.5. The molecule has 4 nitrogen and oxygen atoms in total. The minimum Gasteiger partial charge on any atom is -0.376 e. The van der Waals surface area contributed by atoms with Crippen LogP contribution in [0.4, 0.5) is 0 Å². The molecule has 0 aliphatic carbocycles. The van der Waals surface area contributed by atoms with Gasteiger partial charge in [-0.2, -0.15) is 5.10 Å². The van der Waals surface area contributed by atoms with Crippen molar-refractivity contribution in [3.05, 3.63) is 29.6 Å². The molecule has 0 fully saturated rings. The van der Waals surface area contributed by atoms with E-state index in [0.717, 1.165) is 18.7 Å². The van der Waals surface area contributed by atoms with Crippen LogP contribution in [0.15, 0.2) is 18.3 Å². The second-order valence-electron chi connectivity index (χ2n) is 5.05. The van der Waals surface area contributed by atoms with Gasteiger partial charge >= 0.3 is 0 Å². The first-order valence-electron chi connectivity index (χ1n) is 6.46. The van der Waals surface area contributed by atoms with Crippen molar-refractivity contribution in [2.45, 2.75) is 33.2 Å². The molecule has 0 amide bonds. The summed E-state index contributed by atoms with van der Waals surface area (Å²) in [6, 6.07) is 0. The van der Waals surface area contributed by atoms with E-state index in [1.807, 2.05) is 18.7 Å². The van der Waals surface area contributed by atoms with E-state index in [4.69, 9.17) is 4.74 Å². The standard InChI is InChI=1S/C14H25N3O/c1-11(2)10-18-7-6-15-8-13-9-17(5)16-14(13)12(3)4/h9,12,15H,1,6-8,10H2,2-5H3. The Morgan fingerprint density at radius 1 is 1.56 bits per heavy atom. The van der Waals surface area contributed by atoms with Crippen molar-refractivity contribution >= 4 is 0 Å². The molecule has 0 saturated heterocycles. The fourth-order valence-electron chi connectivity index (χ4n) is 1.79. The summed E-state index contributed by atoms with van der Waals surface area (Å²) >= 11 is 0. The molecule has 0 unspecified atom stereocenters. The van der Waals surface area contributed by atoms with Gasteiger partial charge in [-0.05, 0) is 12.8 Å². The van der Waals surface area contributed by atoms with Crippen molar-refractivity contribution in [3.8, 4) is 0 Å². The number of hydrogen-bond acceptors (Lipinski definition) is 3. The van der Waals surface area contributed by atoms with E-state index >= 15 is 0 Å². The van der Waals surface area contributed by atoms with Crippen LogP contribution >= 0.6 is 0 Å². The van der Waals surface area contributed by atoms with Gasteiger partial charge in [-0.1, -0.05) is 26.0 Å². The SMILES string of the molecule is C=C(C)COCCNCc1cn(C)nc1C(C)C. The van der Waals surface area contributed by atoms with Crippen LogP contribution < -0.4 is 5.32 Å². The third kappa shape index (κ3) is 5.02. The highest BCUT2D eigenvalue weighted by Crippen LogP contribution is 2.16. The summed E-state index contributed by atoms with van der Waals surface area (Å²) < 4.78 is 7.31. The fourth-order valence-corrected chi connectivity index (χ4v) is 1.79. The van der Waals surface area contributed by atoms with Gasteiger partial charge in [0, 0.05) is 31.9 Å². The van der Waals surface area contributed by atoms with Gasteiger partial charge < -0.3 is 10.1 Å². The lowest BCUT2D eigenvalue weighted by Crippen LogP contribution is -2.20. The number of ether oxygens (including phenoxy) is 1. The van der Waals surface area contributed by atoms with E-state index in [0.29, 0.717) is 19.1 Å². The average molecular weight is 251 g/mol. The van der Waals surface area contributed by atoms with Crippen molar-refractivity contribution in [1.29, 1.82) is 0 Å². The molecule has 1 rings (SSSR count). The number of aromatic nitrogens is 2. The molecule has 1 aromatic rings. The maximum atomic E-state index is 5.43. The minimum atomic E-state index is 0.461. The highest BCUT2D eigenvalue weighted by molar-refractivity contribution is 5.19. The van der Waals surface area contributed by atoms with Gasteiger partial charge in [-0.15, -0.1) is 0 Å². The minimum absolute atomic E-state index is 0.461. The lowest BCUT2D eigenvalue weighted by molar-refractivity contribution is 0.157. The summed E-state index contributed by atoms with van der Waals surface area (Å²) in [5.74, 6) is 0.461. The molecule has 0 saturated carbocycles. The van der Waals surface area contributed by atoms with Crippen molar-refractivity contribution in [1.82, 2.24) is 15.1 Å². The Labute approximate surface area is 110 Å². The third-order valence-corrected chi connectivity index (χ3v) is 2.57. The van der Waals surface area contributed by atoms with Gasteiger partial charge in [0.2, 0.25) is 0 Å². The van der Waals surface area contributed by atoms with Gasteiger partial charge in [-0.25, -0.2) is 0 Å². The van der Waals surface area contributed by atoms with Crippen molar-refractivity contribution in [2.24, 2.45) is 7.05 Å². The number of rotatable bonds is 8. The Kier molecular flexibility index (Phi) is 6.09. The number of aryl methyl sites for hydroxylation is 1. The lowest BCUT2D eigenvalue weighted by atomic mass is 10.1. The first-order chi connectivity index (χ1) is 8.50. The Balaban J connectivity index is 2.29. The number of nitrogens with zero attached hydrogens (tertiary/aromatic N) is 2. The van der Waals surface area contributed by atoms with Crippen LogP contribution in [-0.2, 0) is 18.3 Å². The van der Waals surface area contributed by atoms with E-state index in [9.17, 15) is 0 Å². The summed E-state index contributed by atoms with van der Waals surface area (Å²) in [5, 5.41) is 7.86. The van der Waals surface area contributed by atoms with E-state index in [-0.39, 0.29) is 0 Å². The van der Waals surface area contributed by atoms with E-state index < -0.39 is 0 Å². The number of hydrogen-bond donors (Lipinski definition) is 1. The molecule has 0 bridgehead atoms. The maximum absolute atomic E-state index is 5.43. The molecule has 0 spiro atoms. The highest BCUT2D eigenvalue weighted by atomic mass is 16.5. The topological polar surface area (TPSA) is 39.1 Å². The summed E-state index contributed by atoms with van der Waals surface area (Å²) in [5.41, 5.74) is 3.50. The van der Waals surface area contributed by atoms with Crippen LogP contribution in [0, 0.1) is 0 Å². The largest absolute Gasteiger partial charge is 0.376 e. The molecular formula is C14H25N3O. The molecule has 0 aliphatic rings. The van der Waals surface area contributed by atoms with Gasteiger partial charge in [0.05, 0.1) is 18.9 Å². The molecule has 0 radical (unpaired) electrons. The summed E-state index contributed by atoms with van der Waals surface area (Å²) in [7, 11) is 1.96. The fraction of sp³-hybridized carbons (Fsp3) is 0.643. The summed E-state index contributed by atoms with van der Waals surface area (Å²) in [6.07, 6.45) is 2.08. The molecule has 1 aromatic heterocycles. The third-order valence-electron chi connectivity index (χ3n) is 2.57. The van der Waals surface area contributed by atoms with Gasteiger partial charge in [-0.3, -0.25) is 4.68 Å². The van der Waals surface area contributed by atoms with Crippen LogP contribution in [-0.4, -0.2) is 29.5 Å². The summed E-state index contributed by atoms with van der Waals surface area (Å²) in [6.45, 7) is 13.2. The van der Waals surface area contributed by atoms with Crippen molar-refractivity contribution in [2.75, 3.05) is 19.8 Å². The Morgan fingerprint density at radius 2 is 2.28 bits per heavy atom. The molecule has 1 N–H and O–H groups in total. The highest BCUT2D eigenvalue weighted by Gasteiger charge is 2.10. The van der Waals surface area contributed by atoms with Crippen LogP contribution in [0.5, 0.6) is 0 Å². The molecule has 0 atom stereocenters. The second kappa shape index (κ2) is 7.34. The van der Waals surface area contributed by atoms with Crippen LogP contribution in [0.2, 0.25) is 0 Å². The molecule has 0 aliphatic heterocycles. The van der Waals surface area contributed by atoms with Crippen molar-refractivity contribution < 1.29 is 4.74 Å². The van der Waals surface area contributed by atoms with E-state index in [2.05, 4.69) is 37.0 Å². The maximum Gasteiger partial charge on any atom is 0.0694 e. The summed E-state index contributed by atoms with van der Waals surface area (Å²) in [4.78, 5) is 0. The van der Waals surface area contributed by atoms with Gasteiger partial charge in [0.25, 0.3) is 0 Å². The molecular weight excluding hydrogens is 226 g/mol. The normalized spacial score (nSPS) is 11.2. The van der Waals surface area contributed by atoms with Crippen LogP contribution in [0.3, 0.4) is 0 Å².